The zero-order valence-corrected chi connectivity index (χ0v) is 15.0. The lowest BCUT2D eigenvalue weighted by Crippen LogP contribution is -2.14. The molecule has 4 nitrogen and oxygen atoms in total. The topological polar surface area (TPSA) is 59.1 Å². The van der Waals surface area contributed by atoms with Crippen LogP contribution in [0.15, 0.2) is 58.8 Å². The number of benzene rings is 2. The van der Waals surface area contributed by atoms with E-state index in [1.807, 2.05) is 12.3 Å². The molecule has 26 heavy (non-hydrogen) atoms. The lowest BCUT2D eigenvalue weighted by molar-refractivity contribution is -0.137. The first-order valence-electron chi connectivity index (χ1n) is 7.38. The maximum atomic E-state index is 12.8. The summed E-state index contributed by atoms with van der Waals surface area (Å²) in [5.74, 6) is 0. The van der Waals surface area contributed by atoms with Crippen molar-refractivity contribution in [3.63, 3.8) is 0 Å². The van der Waals surface area contributed by atoms with Crippen LogP contribution in [0.4, 0.5) is 18.9 Å². The number of anilines is 1. The Morgan fingerprint density at radius 2 is 1.81 bits per heavy atom. The number of nitrogens with one attached hydrogen (secondary N) is 1. The van der Waals surface area contributed by atoms with E-state index in [1.165, 1.54) is 17.4 Å². The van der Waals surface area contributed by atoms with Crippen LogP contribution in [0.1, 0.15) is 10.6 Å². The van der Waals surface area contributed by atoms with Crippen molar-refractivity contribution in [2.24, 2.45) is 0 Å². The second-order valence-corrected chi connectivity index (χ2v) is 8.21. The molecule has 0 radical (unpaired) electrons. The number of thiazole rings is 1. The van der Waals surface area contributed by atoms with Gasteiger partial charge >= 0.3 is 6.18 Å². The highest BCUT2D eigenvalue weighted by atomic mass is 32.2. The molecule has 1 aromatic heterocycles. The molecule has 0 saturated heterocycles. The van der Waals surface area contributed by atoms with Gasteiger partial charge in [-0.25, -0.2) is 13.4 Å². The Morgan fingerprint density at radius 3 is 2.46 bits per heavy atom. The summed E-state index contributed by atoms with van der Waals surface area (Å²) < 4.78 is 65.6. The minimum atomic E-state index is -4.62. The molecule has 0 fully saturated rings. The zero-order chi connectivity index (χ0) is 18.9. The highest BCUT2D eigenvalue weighted by molar-refractivity contribution is 7.92. The van der Waals surface area contributed by atoms with Gasteiger partial charge in [0.15, 0.2) is 0 Å². The first kappa shape index (κ1) is 18.4. The van der Waals surface area contributed by atoms with E-state index in [4.69, 9.17) is 0 Å². The van der Waals surface area contributed by atoms with Gasteiger partial charge in [-0.15, -0.1) is 11.3 Å². The third-order valence-electron chi connectivity index (χ3n) is 3.50. The molecule has 9 heteroatoms. The summed E-state index contributed by atoms with van der Waals surface area (Å²) in [6.07, 6.45) is -4.62. The highest BCUT2D eigenvalue weighted by Gasteiger charge is 2.31. The predicted molar refractivity (Wildman–Crippen MR) is 94.5 cm³/mol. The number of halogens is 3. The quantitative estimate of drug-likeness (QED) is 0.677. The first-order chi connectivity index (χ1) is 12.1. The standard InChI is InChI=1S/C17H13F3N2O2S2/c1-11-21-16(10-25-11)12-4-2-6-14(8-12)22-26(23,24)15-7-3-5-13(9-15)17(18,19)20/h2-10,22H,1H3. The number of sulfonamides is 1. The van der Waals surface area contributed by atoms with Crippen molar-refractivity contribution in [1.82, 2.24) is 4.98 Å². The normalized spacial score (nSPS) is 12.2. The molecule has 0 atom stereocenters. The van der Waals surface area contributed by atoms with E-state index in [1.54, 1.807) is 18.2 Å². The zero-order valence-electron chi connectivity index (χ0n) is 13.4. The lowest BCUT2D eigenvalue weighted by Gasteiger charge is -2.11. The van der Waals surface area contributed by atoms with Crippen molar-refractivity contribution in [2.75, 3.05) is 4.72 Å². The van der Waals surface area contributed by atoms with E-state index in [0.717, 1.165) is 23.2 Å². The molecule has 0 bridgehead atoms. The molecule has 3 rings (SSSR count). The average molecular weight is 398 g/mol. The Labute approximate surface area is 152 Å². The van der Waals surface area contributed by atoms with Gasteiger partial charge in [0.1, 0.15) is 0 Å². The van der Waals surface area contributed by atoms with E-state index in [-0.39, 0.29) is 5.69 Å². The van der Waals surface area contributed by atoms with E-state index in [0.29, 0.717) is 17.3 Å². The van der Waals surface area contributed by atoms with Gasteiger partial charge in [0.05, 0.1) is 21.2 Å². The summed E-state index contributed by atoms with van der Waals surface area (Å²) in [4.78, 5) is 3.88. The molecule has 2 aromatic carbocycles. The average Bonchev–Trinajstić information content (AvgIpc) is 3.01. The van der Waals surface area contributed by atoms with Crippen molar-refractivity contribution in [1.29, 1.82) is 0 Å². The summed E-state index contributed by atoms with van der Waals surface area (Å²) in [5, 5.41) is 2.71. The van der Waals surface area contributed by atoms with E-state index in [9.17, 15) is 21.6 Å². The molecule has 1 N–H and O–H groups in total. The van der Waals surface area contributed by atoms with Gasteiger partial charge in [0, 0.05) is 16.6 Å². The number of hydrogen-bond donors (Lipinski definition) is 1. The minimum absolute atomic E-state index is 0.241. The molecule has 0 aliphatic carbocycles. The Balaban J connectivity index is 1.91. The van der Waals surface area contributed by atoms with Crippen LogP contribution in [0.2, 0.25) is 0 Å². The van der Waals surface area contributed by atoms with Crippen LogP contribution in [0.3, 0.4) is 0 Å². The first-order valence-corrected chi connectivity index (χ1v) is 9.74. The molecule has 0 aliphatic heterocycles. The van der Waals surface area contributed by atoms with E-state index >= 15 is 0 Å². The van der Waals surface area contributed by atoms with Crippen LogP contribution >= 0.6 is 11.3 Å². The molecule has 136 valence electrons. The third kappa shape index (κ3) is 4.05. The number of rotatable bonds is 4. The van der Waals surface area contributed by atoms with Crippen LogP contribution in [0.5, 0.6) is 0 Å². The summed E-state index contributed by atoms with van der Waals surface area (Å²) in [7, 11) is -4.16. The molecule has 1 heterocycles. The number of aromatic nitrogens is 1. The number of alkyl halides is 3. The van der Waals surface area contributed by atoms with Gasteiger partial charge < -0.3 is 0 Å². The largest absolute Gasteiger partial charge is 0.416 e. The number of nitrogens with zero attached hydrogens (tertiary/aromatic N) is 1. The van der Waals surface area contributed by atoms with Crippen LogP contribution in [0.25, 0.3) is 11.3 Å². The summed E-state index contributed by atoms with van der Waals surface area (Å²) in [5.41, 5.74) is 0.629. The van der Waals surface area contributed by atoms with Crippen molar-refractivity contribution in [2.45, 2.75) is 18.0 Å². The summed E-state index contributed by atoms with van der Waals surface area (Å²) in [6.45, 7) is 1.86. The lowest BCUT2D eigenvalue weighted by atomic mass is 10.1. The second-order valence-electron chi connectivity index (χ2n) is 5.46. The molecule has 3 aromatic rings. The van der Waals surface area contributed by atoms with Crippen LogP contribution < -0.4 is 4.72 Å². The Hall–Kier alpha value is -2.39. The Bertz CT molecular complexity index is 1040. The Morgan fingerprint density at radius 1 is 1.08 bits per heavy atom. The number of hydrogen-bond acceptors (Lipinski definition) is 4. The maximum absolute atomic E-state index is 12.8. The molecular weight excluding hydrogens is 385 g/mol. The predicted octanol–water partition coefficient (Wildman–Crippen LogP) is 4.94. The van der Waals surface area contributed by atoms with Crippen LogP contribution in [-0.4, -0.2) is 13.4 Å². The molecule has 0 spiro atoms. The summed E-state index contributed by atoms with van der Waals surface area (Å²) in [6, 6.07) is 10.1. The summed E-state index contributed by atoms with van der Waals surface area (Å²) >= 11 is 1.46. The fourth-order valence-electron chi connectivity index (χ4n) is 2.29. The SMILES string of the molecule is Cc1nc(-c2cccc(NS(=O)(=O)c3cccc(C(F)(F)F)c3)c2)cs1. The van der Waals surface area contributed by atoms with Crippen molar-refractivity contribution in [3.8, 4) is 11.3 Å². The molecule has 0 saturated carbocycles. The van der Waals surface area contributed by atoms with Gasteiger partial charge in [-0.3, -0.25) is 4.72 Å². The fourth-order valence-corrected chi connectivity index (χ4v) is 4.01. The molecule has 0 aliphatic rings. The van der Waals surface area contributed by atoms with Crippen LogP contribution in [0, 0.1) is 6.92 Å². The van der Waals surface area contributed by atoms with Crippen molar-refractivity contribution in [3.05, 3.63) is 64.5 Å². The van der Waals surface area contributed by atoms with Crippen LogP contribution in [-0.2, 0) is 16.2 Å². The van der Waals surface area contributed by atoms with Gasteiger partial charge in [0.2, 0.25) is 0 Å². The van der Waals surface area contributed by atoms with Gasteiger partial charge in [-0.2, -0.15) is 13.2 Å². The van der Waals surface area contributed by atoms with Gasteiger partial charge in [0.25, 0.3) is 10.0 Å². The monoisotopic (exact) mass is 398 g/mol. The number of aryl methyl sites for hydroxylation is 1. The maximum Gasteiger partial charge on any atom is 0.416 e. The highest BCUT2D eigenvalue weighted by Crippen LogP contribution is 2.31. The van der Waals surface area contributed by atoms with Crippen molar-refractivity contribution < 1.29 is 21.6 Å². The van der Waals surface area contributed by atoms with E-state index in [2.05, 4.69) is 9.71 Å². The second kappa shape index (κ2) is 6.73. The van der Waals surface area contributed by atoms with Gasteiger partial charge in [-0.05, 0) is 37.3 Å². The fraction of sp³-hybridized carbons (Fsp3) is 0.118. The van der Waals surface area contributed by atoms with E-state index < -0.39 is 26.7 Å². The molecular formula is C17H13F3N2O2S2. The Kier molecular flexibility index (Phi) is 4.76. The minimum Gasteiger partial charge on any atom is -0.280 e. The smallest absolute Gasteiger partial charge is 0.280 e. The third-order valence-corrected chi connectivity index (χ3v) is 5.65. The van der Waals surface area contributed by atoms with Gasteiger partial charge in [-0.1, -0.05) is 18.2 Å². The molecule has 0 amide bonds. The van der Waals surface area contributed by atoms with Crippen molar-refractivity contribution >= 4 is 27.0 Å². The molecule has 0 unspecified atom stereocenters.